The number of carbonyl (C=O) groups is 1. The van der Waals surface area contributed by atoms with E-state index in [-0.39, 0.29) is 5.91 Å². The lowest BCUT2D eigenvalue weighted by Gasteiger charge is -2.33. The topological polar surface area (TPSA) is 56.6 Å². The number of hydrogen-bond acceptors (Lipinski definition) is 4. The molecule has 1 saturated heterocycles. The largest absolute Gasteiger partial charge is 0.381 e. The number of ether oxygens (including phenoxy) is 1. The molecule has 0 bridgehead atoms. The average Bonchev–Trinajstić information content (AvgIpc) is 2.36. The molecule has 0 aliphatic carbocycles. The predicted octanol–water partition coefficient (Wildman–Crippen LogP) is 0.471. The molecule has 0 saturated carbocycles. The van der Waals surface area contributed by atoms with Gasteiger partial charge in [0.15, 0.2) is 0 Å². The summed E-state index contributed by atoms with van der Waals surface area (Å²) in [6.07, 6.45) is 1.46. The standard InChI is InChI=1S/C12H21N3O2/c1-2-10-17-11-3-12(16)15-8-6-14(5-4-13)7-9-15/h2-3,5-11H2,1H3. The molecule has 1 amide bonds. The Morgan fingerprint density at radius 2 is 2.00 bits per heavy atom. The van der Waals surface area contributed by atoms with Gasteiger partial charge in [-0.2, -0.15) is 5.26 Å². The monoisotopic (exact) mass is 239 g/mol. The third kappa shape index (κ3) is 5.16. The molecular formula is C12H21N3O2. The lowest BCUT2D eigenvalue weighted by atomic mass is 10.3. The quantitative estimate of drug-likeness (QED) is 0.499. The molecule has 1 heterocycles. The number of rotatable bonds is 6. The summed E-state index contributed by atoms with van der Waals surface area (Å²) >= 11 is 0. The molecule has 5 nitrogen and oxygen atoms in total. The van der Waals surface area contributed by atoms with Crippen LogP contribution in [-0.4, -0.2) is 61.6 Å². The highest BCUT2D eigenvalue weighted by molar-refractivity contribution is 5.76. The Morgan fingerprint density at radius 3 is 2.59 bits per heavy atom. The van der Waals surface area contributed by atoms with Crippen LogP contribution in [0.25, 0.3) is 0 Å². The second kappa shape index (κ2) is 8.04. The summed E-state index contributed by atoms with van der Waals surface area (Å²) in [5, 5.41) is 8.57. The zero-order valence-electron chi connectivity index (χ0n) is 10.5. The van der Waals surface area contributed by atoms with Crippen molar-refractivity contribution in [2.24, 2.45) is 0 Å². The Kier molecular flexibility index (Phi) is 6.60. The smallest absolute Gasteiger partial charge is 0.224 e. The predicted molar refractivity (Wildman–Crippen MR) is 64.4 cm³/mol. The minimum atomic E-state index is 0.165. The fourth-order valence-corrected chi connectivity index (χ4v) is 1.82. The van der Waals surface area contributed by atoms with Gasteiger partial charge in [0.2, 0.25) is 5.91 Å². The molecule has 1 rings (SSSR count). The molecule has 0 unspecified atom stereocenters. The molecule has 0 spiro atoms. The van der Waals surface area contributed by atoms with Crippen LogP contribution in [-0.2, 0) is 9.53 Å². The molecule has 0 radical (unpaired) electrons. The van der Waals surface area contributed by atoms with Crippen LogP contribution < -0.4 is 0 Å². The van der Waals surface area contributed by atoms with Gasteiger partial charge in [-0.1, -0.05) is 6.92 Å². The van der Waals surface area contributed by atoms with Crippen LogP contribution >= 0.6 is 0 Å². The molecule has 0 N–H and O–H groups in total. The van der Waals surface area contributed by atoms with E-state index in [4.69, 9.17) is 10.00 Å². The van der Waals surface area contributed by atoms with Gasteiger partial charge in [0.05, 0.1) is 25.6 Å². The van der Waals surface area contributed by atoms with E-state index in [1.54, 1.807) is 0 Å². The number of amides is 1. The fraction of sp³-hybridized carbons (Fsp3) is 0.833. The molecule has 96 valence electrons. The van der Waals surface area contributed by atoms with E-state index in [1.807, 2.05) is 4.90 Å². The second-order valence-corrected chi connectivity index (χ2v) is 4.18. The highest BCUT2D eigenvalue weighted by Crippen LogP contribution is 2.03. The van der Waals surface area contributed by atoms with Gasteiger partial charge in [-0.25, -0.2) is 0 Å². The highest BCUT2D eigenvalue weighted by Gasteiger charge is 2.20. The Balaban J connectivity index is 2.15. The molecule has 0 aromatic heterocycles. The Morgan fingerprint density at radius 1 is 1.29 bits per heavy atom. The number of carbonyl (C=O) groups excluding carboxylic acids is 1. The minimum Gasteiger partial charge on any atom is -0.381 e. The number of nitrogens with zero attached hydrogens (tertiary/aromatic N) is 3. The van der Waals surface area contributed by atoms with Gasteiger partial charge in [0, 0.05) is 32.8 Å². The fourth-order valence-electron chi connectivity index (χ4n) is 1.82. The van der Waals surface area contributed by atoms with Crippen molar-refractivity contribution >= 4 is 5.91 Å². The van der Waals surface area contributed by atoms with Gasteiger partial charge < -0.3 is 9.64 Å². The maximum absolute atomic E-state index is 11.8. The van der Waals surface area contributed by atoms with E-state index in [1.165, 1.54) is 0 Å². The summed E-state index contributed by atoms with van der Waals surface area (Å²) in [6.45, 7) is 6.82. The summed E-state index contributed by atoms with van der Waals surface area (Å²) < 4.78 is 5.30. The van der Waals surface area contributed by atoms with Crippen molar-refractivity contribution in [1.29, 1.82) is 5.26 Å². The maximum atomic E-state index is 11.8. The Labute approximate surface area is 103 Å². The summed E-state index contributed by atoms with van der Waals surface area (Å²) in [6, 6.07) is 2.13. The van der Waals surface area contributed by atoms with E-state index < -0.39 is 0 Å². The van der Waals surface area contributed by atoms with Crippen LogP contribution in [0.3, 0.4) is 0 Å². The van der Waals surface area contributed by atoms with Gasteiger partial charge in [-0.3, -0.25) is 9.69 Å². The molecule has 1 aliphatic rings. The Bertz CT molecular complexity index is 267. The zero-order valence-corrected chi connectivity index (χ0v) is 10.5. The van der Waals surface area contributed by atoms with Crippen LogP contribution in [0.1, 0.15) is 19.8 Å². The van der Waals surface area contributed by atoms with E-state index in [2.05, 4.69) is 17.9 Å². The molecule has 5 heteroatoms. The molecular weight excluding hydrogens is 218 g/mol. The highest BCUT2D eigenvalue weighted by atomic mass is 16.5. The number of nitriles is 1. The van der Waals surface area contributed by atoms with Crippen LogP contribution in [0, 0.1) is 11.3 Å². The Hall–Kier alpha value is -1.12. The minimum absolute atomic E-state index is 0.165. The molecule has 0 atom stereocenters. The van der Waals surface area contributed by atoms with Crippen molar-refractivity contribution in [3.8, 4) is 6.07 Å². The third-order valence-electron chi connectivity index (χ3n) is 2.83. The van der Waals surface area contributed by atoms with Gasteiger partial charge in [0.25, 0.3) is 0 Å². The van der Waals surface area contributed by atoms with E-state index in [0.717, 1.165) is 39.2 Å². The van der Waals surface area contributed by atoms with Gasteiger partial charge in [-0.15, -0.1) is 0 Å². The maximum Gasteiger partial charge on any atom is 0.224 e. The average molecular weight is 239 g/mol. The van der Waals surface area contributed by atoms with Crippen molar-refractivity contribution in [2.75, 3.05) is 45.9 Å². The normalized spacial score (nSPS) is 16.8. The van der Waals surface area contributed by atoms with Crippen LogP contribution in [0.2, 0.25) is 0 Å². The SMILES string of the molecule is CCCOCCC(=O)N1CCN(CC#N)CC1. The molecule has 0 aromatic rings. The van der Waals surface area contributed by atoms with Crippen molar-refractivity contribution in [1.82, 2.24) is 9.80 Å². The second-order valence-electron chi connectivity index (χ2n) is 4.18. The molecule has 0 aromatic carbocycles. The summed E-state index contributed by atoms with van der Waals surface area (Å²) in [4.78, 5) is 15.7. The summed E-state index contributed by atoms with van der Waals surface area (Å²) in [5.74, 6) is 0.165. The summed E-state index contributed by atoms with van der Waals surface area (Å²) in [7, 11) is 0. The number of piperazine rings is 1. The van der Waals surface area contributed by atoms with Crippen LogP contribution in [0.4, 0.5) is 0 Å². The van der Waals surface area contributed by atoms with E-state index in [0.29, 0.717) is 19.6 Å². The van der Waals surface area contributed by atoms with E-state index in [9.17, 15) is 4.79 Å². The zero-order chi connectivity index (χ0) is 12.5. The summed E-state index contributed by atoms with van der Waals surface area (Å²) in [5.41, 5.74) is 0. The van der Waals surface area contributed by atoms with Crippen molar-refractivity contribution in [2.45, 2.75) is 19.8 Å². The number of hydrogen-bond donors (Lipinski definition) is 0. The first-order valence-corrected chi connectivity index (χ1v) is 6.22. The molecule has 1 fully saturated rings. The molecule has 17 heavy (non-hydrogen) atoms. The van der Waals surface area contributed by atoms with Gasteiger partial charge in [-0.05, 0) is 6.42 Å². The first-order valence-electron chi connectivity index (χ1n) is 6.22. The van der Waals surface area contributed by atoms with Crippen molar-refractivity contribution in [3.63, 3.8) is 0 Å². The van der Waals surface area contributed by atoms with E-state index >= 15 is 0 Å². The van der Waals surface area contributed by atoms with Crippen LogP contribution in [0.15, 0.2) is 0 Å². The first kappa shape index (κ1) is 13.9. The van der Waals surface area contributed by atoms with Crippen molar-refractivity contribution in [3.05, 3.63) is 0 Å². The first-order chi connectivity index (χ1) is 8.27. The lowest BCUT2D eigenvalue weighted by Crippen LogP contribution is -2.48. The third-order valence-corrected chi connectivity index (χ3v) is 2.83. The van der Waals surface area contributed by atoms with Gasteiger partial charge in [0.1, 0.15) is 0 Å². The van der Waals surface area contributed by atoms with Crippen molar-refractivity contribution < 1.29 is 9.53 Å². The lowest BCUT2D eigenvalue weighted by molar-refractivity contribution is -0.134. The van der Waals surface area contributed by atoms with Crippen LogP contribution in [0.5, 0.6) is 0 Å². The van der Waals surface area contributed by atoms with Gasteiger partial charge >= 0.3 is 0 Å². The molecule has 1 aliphatic heterocycles.